The van der Waals surface area contributed by atoms with Gasteiger partial charge in [-0.25, -0.2) is 13.2 Å². The Bertz CT molecular complexity index is 442. The SMILES string of the molecule is CCCNC(CC1CCCC1)c1ccc(F)c(F)c1F. The zero-order chi connectivity index (χ0) is 14.5. The molecule has 0 bridgehead atoms. The lowest BCUT2D eigenvalue weighted by Gasteiger charge is -2.23. The number of hydrogen-bond acceptors (Lipinski definition) is 1. The first-order valence-corrected chi connectivity index (χ1v) is 7.50. The molecule has 0 aliphatic heterocycles. The molecule has 1 aliphatic rings. The maximum absolute atomic E-state index is 14.0. The number of rotatable bonds is 6. The van der Waals surface area contributed by atoms with Crippen LogP contribution in [0.1, 0.15) is 57.1 Å². The molecule has 0 heterocycles. The molecule has 0 aromatic heterocycles. The van der Waals surface area contributed by atoms with E-state index < -0.39 is 17.5 Å². The van der Waals surface area contributed by atoms with E-state index in [1.807, 2.05) is 6.92 Å². The second-order valence-electron chi connectivity index (χ2n) is 5.66. The van der Waals surface area contributed by atoms with E-state index in [1.54, 1.807) is 0 Å². The van der Waals surface area contributed by atoms with E-state index in [9.17, 15) is 13.2 Å². The molecule has 112 valence electrons. The van der Waals surface area contributed by atoms with E-state index in [0.29, 0.717) is 5.92 Å². The second kappa shape index (κ2) is 7.11. The van der Waals surface area contributed by atoms with Gasteiger partial charge in [-0.15, -0.1) is 0 Å². The average Bonchev–Trinajstić information content (AvgIpc) is 2.94. The molecular weight excluding hydrogens is 263 g/mol. The Morgan fingerprint density at radius 3 is 2.50 bits per heavy atom. The molecule has 0 spiro atoms. The third-order valence-corrected chi connectivity index (χ3v) is 4.12. The first-order valence-electron chi connectivity index (χ1n) is 7.50. The molecule has 1 fully saturated rings. The highest BCUT2D eigenvalue weighted by molar-refractivity contribution is 5.23. The molecule has 1 atom stereocenters. The smallest absolute Gasteiger partial charge is 0.194 e. The first kappa shape index (κ1) is 15.4. The van der Waals surface area contributed by atoms with Gasteiger partial charge in [0, 0.05) is 11.6 Å². The Morgan fingerprint density at radius 1 is 1.15 bits per heavy atom. The van der Waals surface area contributed by atoms with Gasteiger partial charge in [0.2, 0.25) is 0 Å². The summed E-state index contributed by atoms with van der Waals surface area (Å²) >= 11 is 0. The van der Waals surface area contributed by atoms with Crippen LogP contribution in [-0.4, -0.2) is 6.54 Å². The summed E-state index contributed by atoms with van der Waals surface area (Å²) in [6.45, 7) is 2.77. The molecule has 4 heteroatoms. The van der Waals surface area contributed by atoms with E-state index in [1.165, 1.54) is 18.9 Å². The summed E-state index contributed by atoms with van der Waals surface area (Å²) in [5.74, 6) is -2.98. The molecule has 0 saturated heterocycles. The molecule has 1 aromatic carbocycles. The molecule has 1 unspecified atom stereocenters. The van der Waals surface area contributed by atoms with Gasteiger partial charge in [0.15, 0.2) is 17.5 Å². The summed E-state index contributed by atoms with van der Waals surface area (Å²) in [5, 5.41) is 3.27. The van der Waals surface area contributed by atoms with Gasteiger partial charge >= 0.3 is 0 Å². The quantitative estimate of drug-likeness (QED) is 0.745. The Kier molecular flexibility index (Phi) is 5.46. The first-order chi connectivity index (χ1) is 9.63. The van der Waals surface area contributed by atoms with Crippen molar-refractivity contribution in [1.29, 1.82) is 0 Å². The maximum Gasteiger partial charge on any atom is 0.194 e. The van der Waals surface area contributed by atoms with Crippen molar-refractivity contribution in [1.82, 2.24) is 5.32 Å². The van der Waals surface area contributed by atoms with Crippen LogP contribution in [0.15, 0.2) is 12.1 Å². The summed E-state index contributed by atoms with van der Waals surface area (Å²) < 4.78 is 40.4. The monoisotopic (exact) mass is 285 g/mol. The van der Waals surface area contributed by atoms with Crippen LogP contribution in [0.4, 0.5) is 13.2 Å². The minimum Gasteiger partial charge on any atom is -0.310 e. The van der Waals surface area contributed by atoms with Crippen molar-refractivity contribution < 1.29 is 13.2 Å². The summed E-state index contributed by atoms with van der Waals surface area (Å²) in [6.07, 6.45) is 6.44. The van der Waals surface area contributed by atoms with Gasteiger partial charge in [-0.1, -0.05) is 38.7 Å². The number of halogens is 3. The van der Waals surface area contributed by atoms with E-state index >= 15 is 0 Å². The van der Waals surface area contributed by atoms with Crippen LogP contribution in [0, 0.1) is 23.4 Å². The number of benzene rings is 1. The summed E-state index contributed by atoms with van der Waals surface area (Å²) in [4.78, 5) is 0. The van der Waals surface area contributed by atoms with Crippen molar-refractivity contribution >= 4 is 0 Å². The molecular formula is C16H22F3N. The zero-order valence-corrected chi connectivity index (χ0v) is 11.9. The van der Waals surface area contributed by atoms with Crippen molar-refractivity contribution in [2.75, 3.05) is 6.54 Å². The lowest BCUT2D eigenvalue weighted by molar-refractivity contribution is 0.372. The summed E-state index contributed by atoms with van der Waals surface area (Å²) in [6, 6.07) is 2.16. The predicted octanol–water partition coefficient (Wildman–Crippen LogP) is 4.72. The van der Waals surface area contributed by atoms with Crippen molar-refractivity contribution in [3.63, 3.8) is 0 Å². The minimum atomic E-state index is -1.36. The van der Waals surface area contributed by atoms with Gasteiger partial charge in [0.05, 0.1) is 0 Å². The Morgan fingerprint density at radius 2 is 1.85 bits per heavy atom. The van der Waals surface area contributed by atoms with E-state index in [-0.39, 0.29) is 11.6 Å². The average molecular weight is 285 g/mol. The van der Waals surface area contributed by atoms with Crippen LogP contribution in [0.2, 0.25) is 0 Å². The molecule has 1 aliphatic carbocycles. The van der Waals surface area contributed by atoms with Gasteiger partial charge in [-0.05, 0) is 31.4 Å². The third-order valence-electron chi connectivity index (χ3n) is 4.12. The lowest BCUT2D eigenvalue weighted by atomic mass is 9.93. The van der Waals surface area contributed by atoms with E-state index in [0.717, 1.165) is 38.3 Å². The van der Waals surface area contributed by atoms with E-state index in [2.05, 4.69) is 5.32 Å². The van der Waals surface area contributed by atoms with Crippen LogP contribution in [0.3, 0.4) is 0 Å². The standard InChI is InChI=1S/C16H22F3N/c1-2-9-20-14(10-11-5-3-4-6-11)12-7-8-13(17)16(19)15(12)18/h7-8,11,14,20H,2-6,9-10H2,1H3. The number of hydrogen-bond donors (Lipinski definition) is 1. The topological polar surface area (TPSA) is 12.0 Å². The molecule has 2 rings (SSSR count). The van der Waals surface area contributed by atoms with Crippen LogP contribution in [0.25, 0.3) is 0 Å². The highest BCUT2D eigenvalue weighted by Crippen LogP contribution is 2.34. The highest BCUT2D eigenvalue weighted by atomic mass is 19.2. The Balaban J connectivity index is 2.18. The van der Waals surface area contributed by atoms with Crippen molar-refractivity contribution in [3.05, 3.63) is 35.1 Å². The fourth-order valence-corrected chi connectivity index (χ4v) is 3.03. The van der Waals surface area contributed by atoms with Crippen LogP contribution in [0.5, 0.6) is 0 Å². The largest absolute Gasteiger partial charge is 0.310 e. The van der Waals surface area contributed by atoms with E-state index in [4.69, 9.17) is 0 Å². The molecule has 0 amide bonds. The minimum absolute atomic E-state index is 0.229. The van der Waals surface area contributed by atoms with Gasteiger partial charge in [0.25, 0.3) is 0 Å². The molecule has 1 N–H and O–H groups in total. The molecule has 1 nitrogen and oxygen atoms in total. The molecule has 0 radical (unpaired) electrons. The lowest BCUT2D eigenvalue weighted by Crippen LogP contribution is -2.25. The fraction of sp³-hybridized carbons (Fsp3) is 0.625. The van der Waals surface area contributed by atoms with Crippen LogP contribution < -0.4 is 5.32 Å². The summed E-state index contributed by atoms with van der Waals surface area (Å²) in [7, 11) is 0. The Hall–Kier alpha value is -1.03. The van der Waals surface area contributed by atoms with Gasteiger partial charge < -0.3 is 5.32 Å². The summed E-state index contributed by atoms with van der Waals surface area (Å²) in [5.41, 5.74) is 0.254. The highest BCUT2D eigenvalue weighted by Gasteiger charge is 2.25. The molecule has 20 heavy (non-hydrogen) atoms. The van der Waals surface area contributed by atoms with Crippen LogP contribution in [-0.2, 0) is 0 Å². The molecule has 1 aromatic rings. The van der Waals surface area contributed by atoms with Gasteiger partial charge in [0.1, 0.15) is 0 Å². The third kappa shape index (κ3) is 3.54. The zero-order valence-electron chi connectivity index (χ0n) is 11.9. The van der Waals surface area contributed by atoms with Crippen molar-refractivity contribution in [2.24, 2.45) is 5.92 Å². The number of nitrogens with one attached hydrogen (secondary N) is 1. The van der Waals surface area contributed by atoms with Crippen molar-refractivity contribution in [2.45, 2.75) is 51.5 Å². The second-order valence-corrected chi connectivity index (χ2v) is 5.66. The fourth-order valence-electron chi connectivity index (χ4n) is 3.03. The van der Waals surface area contributed by atoms with Crippen molar-refractivity contribution in [3.8, 4) is 0 Å². The molecule has 1 saturated carbocycles. The normalized spacial score (nSPS) is 17.6. The Labute approximate surface area is 118 Å². The van der Waals surface area contributed by atoms with Crippen LogP contribution >= 0.6 is 0 Å². The maximum atomic E-state index is 14.0. The van der Waals surface area contributed by atoms with Gasteiger partial charge in [-0.2, -0.15) is 0 Å². The predicted molar refractivity (Wildman–Crippen MR) is 73.9 cm³/mol. The van der Waals surface area contributed by atoms with Gasteiger partial charge in [-0.3, -0.25) is 0 Å².